The molecule has 5 rings (SSSR count). The predicted octanol–water partition coefficient (Wildman–Crippen LogP) is 1.05. The van der Waals surface area contributed by atoms with Crippen LogP contribution in [0.3, 0.4) is 0 Å². The van der Waals surface area contributed by atoms with Gasteiger partial charge in [-0.15, -0.1) is 0 Å². The van der Waals surface area contributed by atoms with Crippen LogP contribution in [0.25, 0.3) is 0 Å². The molecule has 1 saturated carbocycles. The number of quaternary nitrogens is 1. The highest BCUT2D eigenvalue weighted by Crippen LogP contribution is 2.61. The van der Waals surface area contributed by atoms with E-state index in [0.717, 1.165) is 24.9 Å². The SMILES string of the molecule is C[C@@]12[C@H]3CC[C@@H]1[C@@H](Oc1ccccn1)C[N@+]2(Cc1ccccc1)CC3.[Br-]. The summed E-state index contributed by atoms with van der Waals surface area (Å²) < 4.78 is 7.66. The van der Waals surface area contributed by atoms with Crippen LogP contribution in [0.15, 0.2) is 54.7 Å². The van der Waals surface area contributed by atoms with Crippen LogP contribution >= 0.6 is 0 Å². The number of hydrogen-bond acceptors (Lipinski definition) is 2. The molecule has 0 N–H and O–H groups in total. The second kappa shape index (κ2) is 6.65. The lowest BCUT2D eigenvalue weighted by Gasteiger charge is -2.43. The second-order valence-electron chi connectivity index (χ2n) is 8.41. The van der Waals surface area contributed by atoms with E-state index in [2.05, 4.69) is 42.2 Å². The second-order valence-corrected chi connectivity index (χ2v) is 8.41. The lowest BCUT2D eigenvalue weighted by Crippen LogP contribution is -3.00. The molecule has 2 aromatic rings. The van der Waals surface area contributed by atoms with E-state index in [0.29, 0.717) is 17.6 Å². The van der Waals surface area contributed by atoms with Crippen molar-refractivity contribution in [2.45, 2.75) is 44.4 Å². The summed E-state index contributed by atoms with van der Waals surface area (Å²) in [5, 5.41) is 0. The number of pyridine rings is 1. The van der Waals surface area contributed by atoms with Crippen LogP contribution in [0.5, 0.6) is 5.88 Å². The van der Waals surface area contributed by atoms with Gasteiger partial charge in [0.1, 0.15) is 18.6 Å². The minimum absolute atomic E-state index is 0. The Labute approximate surface area is 166 Å². The average molecular weight is 415 g/mol. The van der Waals surface area contributed by atoms with Crippen molar-refractivity contribution >= 4 is 0 Å². The molecule has 0 amide bonds. The fraction of sp³-hybridized carbons (Fsp3) is 0.500. The molecular weight excluding hydrogens is 388 g/mol. The van der Waals surface area contributed by atoms with E-state index in [4.69, 9.17) is 4.74 Å². The van der Waals surface area contributed by atoms with Crippen LogP contribution < -0.4 is 21.7 Å². The first-order valence-electron chi connectivity index (χ1n) is 9.69. The van der Waals surface area contributed by atoms with Gasteiger partial charge < -0.3 is 26.2 Å². The van der Waals surface area contributed by atoms with Crippen LogP contribution in [0, 0.1) is 11.8 Å². The number of halogens is 1. The van der Waals surface area contributed by atoms with Crippen molar-refractivity contribution in [2.24, 2.45) is 11.8 Å². The Morgan fingerprint density at radius 1 is 1.08 bits per heavy atom. The molecule has 3 heterocycles. The summed E-state index contributed by atoms with van der Waals surface area (Å²) in [7, 11) is 0. The molecule has 26 heavy (non-hydrogen) atoms. The van der Waals surface area contributed by atoms with Gasteiger partial charge in [0.15, 0.2) is 6.10 Å². The average Bonchev–Trinajstić information content (AvgIpc) is 3.20. The van der Waals surface area contributed by atoms with Gasteiger partial charge in [0.25, 0.3) is 0 Å². The monoisotopic (exact) mass is 414 g/mol. The van der Waals surface area contributed by atoms with E-state index < -0.39 is 0 Å². The fourth-order valence-corrected chi connectivity index (χ4v) is 6.35. The quantitative estimate of drug-likeness (QED) is 0.697. The van der Waals surface area contributed by atoms with Crippen molar-refractivity contribution in [3.05, 3.63) is 60.3 Å². The Morgan fingerprint density at radius 2 is 1.88 bits per heavy atom. The Morgan fingerprint density at radius 3 is 2.65 bits per heavy atom. The molecular formula is C22H27BrN2O. The van der Waals surface area contributed by atoms with Gasteiger partial charge in [-0.3, -0.25) is 0 Å². The Balaban J connectivity index is 0.00000168. The van der Waals surface area contributed by atoms with E-state index in [9.17, 15) is 0 Å². The molecule has 5 atom stereocenters. The molecule has 1 aromatic heterocycles. The zero-order chi connectivity index (χ0) is 16.9. The lowest BCUT2D eigenvalue weighted by molar-refractivity contribution is -0.965. The standard InChI is InChI=1S/C22H27N2O.BrH/c1-22-18-10-11-19(22)20(25-21-9-5-6-13-23-21)16-24(22,14-12-18)15-17-7-3-2-4-8-17;/h2-9,13,18-20H,10-12,14-16H2,1H3;1H/q+1;/p-1/t18-,19+,20-,22+,24+;/m0./s1. The van der Waals surface area contributed by atoms with Crippen LogP contribution in [0.1, 0.15) is 31.7 Å². The minimum Gasteiger partial charge on any atom is -1.00 e. The van der Waals surface area contributed by atoms with Crippen molar-refractivity contribution in [3.8, 4) is 5.88 Å². The van der Waals surface area contributed by atoms with Crippen LogP contribution in [-0.4, -0.2) is 34.2 Å². The smallest absolute Gasteiger partial charge is 0.213 e. The summed E-state index contributed by atoms with van der Waals surface area (Å²) in [4.78, 5) is 4.42. The maximum absolute atomic E-state index is 6.44. The first-order valence-corrected chi connectivity index (χ1v) is 9.69. The van der Waals surface area contributed by atoms with Crippen molar-refractivity contribution in [1.82, 2.24) is 4.98 Å². The van der Waals surface area contributed by atoms with E-state index in [-0.39, 0.29) is 17.0 Å². The van der Waals surface area contributed by atoms with Crippen molar-refractivity contribution in [2.75, 3.05) is 13.1 Å². The van der Waals surface area contributed by atoms with Crippen LogP contribution in [0.4, 0.5) is 0 Å². The van der Waals surface area contributed by atoms with Gasteiger partial charge in [0.05, 0.1) is 12.5 Å². The molecule has 4 heteroatoms. The largest absolute Gasteiger partial charge is 1.00 e. The van der Waals surface area contributed by atoms with Gasteiger partial charge in [-0.25, -0.2) is 4.98 Å². The molecule has 2 saturated heterocycles. The number of benzene rings is 1. The molecule has 0 unspecified atom stereocenters. The highest BCUT2D eigenvalue weighted by atomic mass is 79.9. The van der Waals surface area contributed by atoms with E-state index in [1.807, 2.05) is 24.4 Å². The first-order chi connectivity index (χ1) is 12.2. The third-order valence-corrected chi connectivity index (χ3v) is 7.55. The molecule has 3 fully saturated rings. The van der Waals surface area contributed by atoms with Gasteiger partial charge in [0, 0.05) is 30.2 Å². The topological polar surface area (TPSA) is 22.1 Å². The minimum atomic E-state index is 0. The maximum atomic E-state index is 6.44. The zero-order valence-corrected chi connectivity index (χ0v) is 16.9. The molecule has 1 aromatic carbocycles. The number of nitrogens with zero attached hydrogens (tertiary/aromatic N) is 2. The van der Waals surface area contributed by atoms with Gasteiger partial charge in [-0.1, -0.05) is 36.4 Å². The number of ether oxygens (including phenoxy) is 1. The van der Waals surface area contributed by atoms with Gasteiger partial charge >= 0.3 is 0 Å². The molecule has 2 aliphatic heterocycles. The number of hydrogen-bond donors (Lipinski definition) is 0. The normalized spacial score (nSPS) is 37.2. The molecule has 0 radical (unpaired) electrons. The summed E-state index contributed by atoms with van der Waals surface area (Å²) in [5.41, 5.74) is 1.84. The summed E-state index contributed by atoms with van der Waals surface area (Å²) in [6.45, 7) is 6.14. The number of rotatable bonds is 4. The lowest BCUT2D eigenvalue weighted by atomic mass is 9.83. The van der Waals surface area contributed by atoms with Crippen molar-refractivity contribution in [3.63, 3.8) is 0 Å². The third kappa shape index (κ3) is 2.53. The third-order valence-electron chi connectivity index (χ3n) is 7.55. The molecule has 0 bridgehead atoms. The van der Waals surface area contributed by atoms with Crippen molar-refractivity contribution < 1.29 is 26.2 Å². The summed E-state index contributed by atoms with van der Waals surface area (Å²) in [5.74, 6) is 2.31. The highest BCUT2D eigenvalue weighted by molar-refractivity contribution is 5.17. The summed E-state index contributed by atoms with van der Waals surface area (Å²) in [6, 6.07) is 17.0. The summed E-state index contributed by atoms with van der Waals surface area (Å²) >= 11 is 0. The van der Waals surface area contributed by atoms with E-state index in [1.54, 1.807) is 0 Å². The van der Waals surface area contributed by atoms with E-state index >= 15 is 0 Å². The predicted molar refractivity (Wildman–Crippen MR) is 98.0 cm³/mol. The number of aromatic nitrogens is 1. The Bertz CT molecular complexity index is 755. The fourth-order valence-electron chi connectivity index (χ4n) is 6.35. The van der Waals surface area contributed by atoms with Gasteiger partial charge in [-0.2, -0.15) is 0 Å². The molecule has 0 spiro atoms. The summed E-state index contributed by atoms with van der Waals surface area (Å²) in [6.07, 6.45) is 6.20. The molecule has 138 valence electrons. The molecule has 1 aliphatic carbocycles. The van der Waals surface area contributed by atoms with Crippen molar-refractivity contribution in [1.29, 1.82) is 0 Å². The molecule has 3 nitrogen and oxygen atoms in total. The highest BCUT2D eigenvalue weighted by Gasteiger charge is 2.71. The molecule has 3 aliphatic rings. The van der Waals surface area contributed by atoms with Gasteiger partial charge in [0.2, 0.25) is 5.88 Å². The Hall–Kier alpha value is -1.39. The Kier molecular flexibility index (Phi) is 4.60. The van der Waals surface area contributed by atoms with Crippen LogP contribution in [-0.2, 0) is 6.54 Å². The maximum Gasteiger partial charge on any atom is 0.213 e. The van der Waals surface area contributed by atoms with Gasteiger partial charge in [-0.05, 0) is 25.8 Å². The zero-order valence-electron chi connectivity index (χ0n) is 15.4. The first kappa shape index (κ1) is 18.0. The van der Waals surface area contributed by atoms with E-state index in [1.165, 1.54) is 35.9 Å². The van der Waals surface area contributed by atoms with Crippen LogP contribution in [0.2, 0.25) is 0 Å².